The normalized spacial score (nSPS) is 13.9. The molecule has 5 nitrogen and oxygen atoms in total. The predicted octanol–water partition coefficient (Wildman–Crippen LogP) is 4.19. The monoisotopic (exact) mass is 415 g/mol. The first-order valence-electron chi connectivity index (χ1n) is 9.54. The number of thiophene rings is 1. The lowest BCUT2D eigenvalue weighted by molar-refractivity contribution is 0.0531. The molecule has 3 aromatic rings. The average molecular weight is 416 g/mol. The Balaban J connectivity index is 1.96. The van der Waals surface area contributed by atoms with Crippen molar-refractivity contribution >= 4 is 21.6 Å². The van der Waals surface area contributed by atoms with Crippen molar-refractivity contribution < 1.29 is 9.50 Å². The average Bonchev–Trinajstić information content (AvgIpc) is 3.05. The van der Waals surface area contributed by atoms with Gasteiger partial charge in [-0.05, 0) is 18.9 Å². The van der Waals surface area contributed by atoms with E-state index in [0.29, 0.717) is 46.2 Å². The molecule has 2 heterocycles. The van der Waals surface area contributed by atoms with Crippen molar-refractivity contribution in [1.29, 1.82) is 0 Å². The van der Waals surface area contributed by atoms with Crippen molar-refractivity contribution in [2.75, 3.05) is 13.1 Å². The SMILES string of the molecule is C=CC(C)(O)CN(Cc1nc2scc(-c3ccccc3F)c2c(=O)[nH]1)CC(C)C. The van der Waals surface area contributed by atoms with Crippen LogP contribution in [0.3, 0.4) is 0 Å². The zero-order valence-corrected chi connectivity index (χ0v) is 17.7. The first-order valence-corrected chi connectivity index (χ1v) is 10.4. The maximum Gasteiger partial charge on any atom is 0.260 e. The molecular formula is C22H26FN3O2S. The van der Waals surface area contributed by atoms with Gasteiger partial charge in [0.15, 0.2) is 0 Å². The minimum atomic E-state index is -1.04. The van der Waals surface area contributed by atoms with Crippen molar-refractivity contribution in [3.05, 3.63) is 64.3 Å². The maximum atomic E-state index is 14.2. The van der Waals surface area contributed by atoms with Crippen LogP contribution in [0.25, 0.3) is 21.3 Å². The first-order chi connectivity index (χ1) is 13.7. The number of hydrogen-bond donors (Lipinski definition) is 2. The van der Waals surface area contributed by atoms with E-state index in [-0.39, 0.29) is 11.4 Å². The van der Waals surface area contributed by atoms with Crippen LogP contribution < -0.4 is 5.56 Å². The van der Waals surface area contributed by atoms with Crippen LogP contribution in [0, 0.1) is 11.7 Å². The van der Waals surface area contributed by atoms with Gasteiger partial charge in [0.25, 0.3) is 5.56 Å². The molecule has 3 rings (SSSR count). The molecule has 0 aliphatic carbocycles. The van der Waals surface area contributed by atoms with E-state index in [2.05, 4.69) is 30.4 Å². The van der Waals surface area contributed by atoms with Gasteiger partial charge >= 0.3 is 0 Å². The minimum Gasteiger partial charge on any atom is -0.385 e. The summed E-state index contributed by atoms with van der Waals surface area (Å²) in [6.45, 7) is 11.1. The van der Waals surface area contributed by atoms with Gasteiger partial charge < -0.3 is 10.1 Å². The largest absolute Gasteiger partial charge is 0.385 e. The van der Waals surface area contributed by atoms with E-state index >= 15 is 0 Å². The summed E-state index contributed by atoms with van der Waals surface area (Å²) < 4.78 is 14.2. The number of nitrogens with zero attached hydrogens (tertiary/aromatic N) is 2. The van der Waals surface area contributed by atoms with E-state index in [4.69, 9.17) is 0 Å². The Kier molecular flexibility index (Phi) is 6.31. The second kappa shape index (κ2) is 8.57. The zero-order chi connectivity index (χ0) is 21.2. The molecule has 29 heavy (non-hydrogen) atoms. The van der Waals surface area contributed by atoms with Crippen LogP contribution >= 0.6 is 11.3 Å². The Morgan fingerprint density at radius 2 is 2.10 bits per heavy atom. The van der Waals surface area contributed by atoms with Crippen LogP contribution in [-0.4, -0.2) is 38.7 Å². The molecule has 0 bridgehead atoms. The third kappa shape index (κ3) is 4.98. The number of benzene rings is 1. The van der Waals surface area contributed by atoms with Crippen molar-refractivity contribution in [2.24, 2.45) is 5.92 Å². The van der Waals surface area contributed by atoms with Gasteiger partial charge in [0, 0.05) is 29.6 Å². The van der Waals surface area contributed by atoms with E-state index in [1.807, 2.05) is 4.90 Å². The Labute approximate surface area is 173 Å². The number of hydrogen-bond acceptors (Lipinski definition) is 5. The Hall–Kier alpha value is -2.35. The van der Waals surface area contributed by atoms with Crippen LogP contribution in [0.4, 0.5) is 4.39 Å². The molecule has 2 N–H and O–H groups in total. The third-order valence-corrected chi connectivity index (χ3v) is 5.51. The fourth-order valence-corrected chi connectivity index (χ4v) is 4.33. The Morgan fingerprint density at radius 3 is 2.76 bits per heavy atom. The summed E-state index contributed by atoms with van der Waals surface area (Å²) in [5, 5.41) is 12.5. The highest BCUT2D eigenvalue weighted by Crippen LogP contribution is 2.32. The fraction of sp³-hybridized carbons (Fsp3) is 0.364. The van der Waals surface area contributed by atoms with E-state index in [1.54, 1.807) is 30.5 Å². The zero-order valence-electron chi connectivity index (χ0n) is 16.9. The number of fused-ring (bicyclic) bond motifs is 1. The molecular weight excluding hydrogens is 389 g/mol. The summed E-state index contributed by atoms with van der Waals surface area (Å²) in [5.41, 5.74) is -0.385. The highest BCUT2D eigenvalue weighted by Gasteiger charge is 2.22. The molecule has 0 saturated carbocycles. The van der Waals surface area contributed by atoms with Crippen LogP contribution in [0.15, 0.2) is 47.1 Å². The lowest BCUT2D eigenvalue weighted by atomic mass is 10.1. The van der Waals surface area contributed by atoms with Crippen molar-refractivity contribution in [1.82, 2.24) is 14.9 Å². The quantitative estimate of drug-likeness (QED) is 0.542. The summed E-state index contributed by atoms with van der Waals surface area (Å²) >= 11 is 1.32. The number of H-pyrrole nitrogens is 1. The molecule has 0 fully saturated rings. The summed E-state index contributed by atoms with van der Waals surface area (Å²) in [7, 11) is 0. The van der Waals surface area contributed by atoms with Gasteiger partial charge in [-0.15, -0.1) is 17.9 Å². The van der Waals surface area contributed by atoms with Crippen LogP contribution in [0.5, 0.6) is 0 Å². The second-order valence-electron chi connectivity index (χ2n) is 7.95. The van der Waals surface area contributed by atoms with Gasteiger partial charge in [-0.2, -0.15) is 0 Å². The lowest BCUT2D eigenvalue weighted by Gasteiger charge is -2.30. The van der Waals surface area contributed by atoms with Crippen molar-refractivity contribution in [3.63, 3.8) is 0 Å². The van der Waals surface area contributed by atoms with Crippen LogP contribution in [0.1, 0.15) is 26.6 Å². The molecule has 2 aromatic heterocycles. The molecule has 0 aliphatic rings. The van der Waals surface area contributed by atoms with Gasteiger partial charge in [-0.3, -0.25) is 9.69 Å². The van der Waals surface area contributed by atoms with E-state index in [1.165, 1.54) is 23.5 Å². The van der Waals surface area contributed by atoms with Gasteiger partial charge in [-0.25, -0.2) is 9.37 Å². The minimum absolute atomic E-state index is 0.288. The molecule has 0 spiro atoms. The molecule has 0 amide bonds. The topological polar surface area (TPSA) is 69.2 Å². The standard InChI is InChI=1S/C22H26FN3O2S/c1-5-22(4,28)13-26(10-14(2)3)11-18-24-20(27)19-16(12-29-21(19)25-18)15-8-6-7-9-17(15)23/h5-9,12,14,28H,1,10-11,13H2,2-4H3,(H,24,25,27). The first kappa shape index (κ1) is 21.4. The summed E-state index contributed by atoms with van der Waals surface area (Å²) in [6.07, 6.45) is 1.51. The van der Waals surface area contributed by atoms with Crippen molar-refractivity contribution in [2.45, 2.75) is 32.9 Å². The predicted molar refractivity (Wildman–Crippen MR) is 117 cm³/mol. The van der Waals surface area contributed by atoms with Gasteiger partial charge in [-0.1, -0.05) is 38.1 Å². The van der Waals surface area contributed by atoms with Gasteiger partial charge in [0.05, 0.1) is 17.5 Å². The van der Waals surface area contributed by atoms with E-state index in [9.17, 15) is 14.3 Å². The number of aliphatic hydroxyl groups is 1. The van der Waals surface area contributed by atoms with Crippen LogP contribution in [-0.2, 0) is 6.54 Å². The Morgan fingerprint density at radius 1 is 1.38 bits per heavy atom. The van der Waals surface area contributed by atoms with Crippen molar-refractivity contribution in [3.8, 4) is 11.1 Å². The molecule has 1 aromatic carbocycles. The van der Waals surface area contributed by atoms with E-state index in [0.717, 1.165) is 6.54 Å². The lowest BCUT2D eigenvalue weighted by Crippen LogP contribution is -2.41. The fourth-order valence-electron chi connectivity index (χ4n) is 3.38. The van der Waals surface area contributed by atoms with Gasteiger partial charge in [0.2, 0.25) is 0 Å². The van der Waals surface area contributed by atoms with E-state index < -0.39 is 5.60 Å². The molecule has 1 atom stereocenters. The number of nitrogens with one attached hydrogen (secondary N) is 1. The Bertz CT molecular complexity index is 1070. The maximum absolute atomic E-state index is 14.2. The highest BCUT2D eigenvalue weighted by molar-refractivity contribution is 7.17. The molecule has 0 saturated heterocycles. The summed E-state index contributed by atoms with van der Waals surface area (Å²) in [6, 6.07) is 6.40. The summed E-state index contributed by atoms with van der Waals surface area (Å²) in [5.74, 6) is 0.524. The molecule has 7 heteroatoms. The highest BCUT2D eigenvalue weighted by atomic mass is 32.1. The van der Waals surface area contributed by atoms with Gasteiger partial charge in [0.1, 0.15) is 16.5 Å². The number of halogens is 1. The molecule has 154 valence electrons. The molecule has 0 aliphatic heterocycles. The summed E-state index contributed by atoms with van der Waals surface area (Å²) in [4.78, 5) is 22.9. The van der Waals surface area contributed by atoms with Crippen LogP contribution in [0.2, 0.25) is 0 Å². The molecule has 1 unspecified atom stereocenters. The number of rotatable bonds is 8. The smallest absolute Gasteiger partial charge is 0.260 e. The molecule has 0 radical (unpaired) electrons. The number of aromatic amines is 1. The third-order valence-electron chi connectivity index (χ3n) is 4.64. The second-order valence-corrected chi connectivity index (χ2v) is 8.80. The number of aromatic nitrogens is 2.